The second-order valence-corrected chi connectivity index (χ2v) is 6.70. The quantitative estimate of drug-likeness (QED) is 0.545. The monoisotopic (exact) mass is 377 g/mol. The molecule has 0 amide bonds. The van der Waals surface area contributed by atoms with Crippen LogP contribution in [0.5, 0.6) is 0 Å². The first kappa shape index (κ1) is 21.4. The van der Waals surface area contributed by atoms with Gasteiger partial charge in [0.15, 0.2) is 0 Å². The number of rotatable bonds is 7. The maximum absolute atomic E-state index is 10.4. The molecular weight excluding hydrogens is 350 g/mol. The predicted octanol–water partition coefficient (Wildman–Crippen LogP) is 5.34. The van der Waals surface area contributed by atoms with Crippen LogP contribution < -0.4 is 0 Å². The molecule has 1 unspecified atom stereocenters. The van der Waals surface area contributed by atoms with E-state index >= 15 is 0 Å². The zero-order valence-corrected chi connectivity index (χ0v) is 16.1. The third kappa shape index (κ3) is 8.16. The molecule has 0 bridgehead atoms. The normalized spacial score (nSPS) is 11.4. The van der Waals surface area contributed by atoms with Crippen LogP contribution >= 0.6 is 0 Å². The van der Waals surface area contributed by atoms with Gasteiger partial charge in [-0.05, 0) is 22.6 Å². The number of hydrogen-bond acceptors (Lipinski definition) is 3. The van der Waals surface area contributed by atoms with Crippen molar-refractivity contribution in [2.24, 2.45) is 0 Å². The molecule has 2 N–H and O–H groups in total. The molecule has 3 aromatic rings. The molecule has 3 aromatic carbocycles. The molecule has 0 fully saturated rings. The van der Waals surface area contributed by atoms with Gasteiger partial charge >= 0.3 is 5.97 Å². The summed E-state index contributed by atoms with van der Waals surface area (Å²) in [6, 6.07) is 29.6. The van der Waals surface area contributed by atoms with E-state index in [4.69, 9.17) is 5.11 Å². The first-order valence-electron chi connectivity index (χ1n) is 9.33. The Bertz CT molecular complexity index is 766. The summed E-state index contributed by atoms with van der Waals surface area (Å²) in [6.07, 6.45) is 0.198. The molecule has 0 saturated carbocycles. The molecule has 0 aromatic heterocycles. The van der Waals surface area contributed by atoms with Crippen molar-refractivity contribution in [3.05, 3.63) is 108 Å². The van der Waals surface area contributed by atoms with E-state index < -0.39 is 5.97 Å². The van der Waals surface area contributed by atoms with Crippen molar-refractivity contribution in [1.29, 1.82) is 0 Å². The zero-order chi connectivity index (χ0) is 20.2. The minimum atomic E-state index is -0.744. The molecule has 0 saturated heterocycles. The van der Waals surface area contributed by atoms with Crippen molar-refractivity contribution in [1.82, 2.24) is 5.06 Å². The highest BCUT2D eigenvalue weighted by Gasteiger charge is 2.08. The molecule has 3 rings (SSSR count). The van der Waals surface area contributed by atoms with Gasteiger partial charge in [-0.15, -0.1) is 0 Å². The van der Waals surface area contributed by atoms with E-state index in [2.05, 4.69) is 0 Å². The number of nitrogens with zero attached hydrogens (tertiary/aromatic N) is 1. The van der Waals surface area contributed by atoms with E-state index in [9.17, 15) is 10.0 Å². The van der Waals surface area contributed by atoms with E-state index in [-0.39, 0.29) is 12.3 Å². The smallest absolute Gasteiger partial charge is 0.303 e. The van der Waals surface area contributed by atoms with Gasteiger partial charge < -0.3 is 10.3 Å². The highest BCUT2D eigenvalue weighted by atomic mass is 16.5. The fourth-order valence-corrected chi connectivity index (χ4v) is 2.81. The van der Waals surface area contributed by atoms with Crippen LogP contribution in [-0.4, -0.2) is 21.3 Å². The summed E-state index contributed by atoms with van der Waals surface area (Å²) in [5.41, 5.74) is 3.31. The molecule has 4 heteroatoms. The van der Waals surface area contributed by atoms with Gasteiger partial charge in [-0.2, -0.15) is 5.06 Å². The molecule has 146 valence electrons. The van der Waals surface area contributed by atoms with Crippen LogP contribution in [0.25, 0.3) is 0 Å². The summed E-state index contributed by atoms with van der Waals surface area (Å²) in [4.78, 5) is 10.4. The number of aliphatic carboxylic acids is 1. The summed E-state index contributed by atoms with van der Waals surface area (Å²) >= 11 is 0. The molecule has 0 aliphatic rings. The molecule has 0 radical (unpaired) electrons. The molecule has 0 aliphatic carbocycles. The summed E-state index contributed by atoms with van der Waals surface area (Å²) in [5.74, 6) is -0.643. The molecule has 1 atom stereocenters. The van der Waals surface area contributed by atoms with Gasteiger partial charge in [0.1, 0.15) is 0 Å². The number of hydroxylamine groups is 2. The van der Waals surface area contributed by atoms with Gasteiger partial charge in [-0.25, -0.2) is 0 Å². The Morgan fingerprint density at radius 2 is 1.18 bits per heavy atom. The lowest BCUT2D eigenvalue weighted by atomic mass is 9.98. The van der Waals surface area contributed by atoms with E-state index in [1.807, 2.05) is 97.9 Å². The second kappa shape index (κ2) is 11.7. The van der Waals surface area contributed by atoms with Crippen LogP contribution in [0.1, 0.15) is 36.0 Å². The lowest BCUT2D eigenvalue weighted by Gasteiger charge is -2.14. The maximum atomic E-state index is 10.4. The van der Waals surface area contributed by atoms with Crippen molar-refractivity contribution in [3.63, 3.8) is 0 Å². The number of hydrogen-bond donors (Lipinski definition) is 2. The van der Waals surface area contributed by atoms with Crippen LogP contribution in [0.4, 0.5) is 0 Å². The molecule has 0 aliphatic heterocycles. The summed E-state index contributed by atoms with van der Waals surface area (Å²) in [6.45, 7) is 3.02. The summed E-state index contributed by atoms with van der Waals surface area (Å²) < 4.78 is 0. The molecule has 4 nitrogen and oxygen atoms in total. The van der Waals surface area contributed by atoms with Crippen molar-refractivity contribution in [3.8, 4) is 0 Å². The lowest BCUT2D eigenvalue weighted by molar-refractivity contribution is -0.137. The first-order valence-corrected chi connectivity index (χ1v) is 9.33. The fourth-order valence-electron chi connectivity index (χ4n) is 2.81. The average molecular weight is 377 g/mol. The zero-order valence-electron chi connectivity index (χ0n) is 16.1. The molecule has 28 heavy (non-hydrogen) atoms. The molecule has 0 heterocycles. The lowest BCUT2D eigenvalue weighted by Crippen LogP contribution is -2.17. The van der Waals surface area contributed by atoms with Gasteiger partial charge in [0.2, 0.25) is 0 Å². The Balaban J connectivity index is 0.000000209. The second-order valence-electron chi connectivity index (χ2n) is 6.70. The Morgan fingerprint density at radius 3 is 1.57 bits per heavy atom. The molecular formula is C24H27NO3. The van der Waals surface area contributed by atoms with Crippen LogP contribution in [-0.2, 0) is 17.9 Å². The number of carbonyl (C=O) groups is 1. The van der Waals surface area contributed by atoms with E-state index in [1.165, 1.54) is 5.06 Å². The Labute approximate surface area is 166 Å². The molecule has 0 spiro atoms. The maximum Gasteiger partial charge on any atom is 0.303 e. The Morgan fingerprint density at radius 1 is 0.786 bits per heavy atom. The SMILES string of the molecule is CC(CC(=O)O)c1ccccc1.ON(Cc1ccccc1)Cc1ccccc1. The van der Waals surface area contributed by atoms with Crippen LogP contribution in [0.3, 0.4) is 0 Å². The minimum Gasteiger partial charge on any atom is -0.481 e. The van der Waals surface area contributed by atoms with Crippen molar-refractivity contribution >= 4 is 5.97 Å². The number of benzene rings is 3. The first-order chi connectivity index (χ1) is 13.5. The largest absolute Gasteiger partial charge is 0.481 e. The predicted molar refractivity (Wildman–Crippen MR) is 111 cm³/mol. The van der Waals surface area contributed by atoms with Gasteiger partial charge in [-0.1, -0.05) is 97.9 Å². The van der Waals surface area contributed by atoms with Crippen molar-refractivity contribution < 1.29 is 15.1 Å². The van der Waals surface area contributed by atoms with Crippen LogP contribution in [0.2, 0.25) is 0 Å². The van der Waals surface area contributed by atoms with Gasteiger partial charge in [-0.3, -0.25) is 4.79 Å². The standard InChI is InChI=1S/C14H15NO.C10H12O2/c16-15(11-13-7-3-1-4-8-13)12-14-9-5-2-6-10-14;1-8(7-10(11)12)9-5-3-2-4-6-9/h1-10,16H,11-12H2;2-6,8H,7H2,1H3,(H,11,12). The third-order valence-electron chi connectivity index (χ3n) is 4.27. The van der Waals surface area contributed by atoms with Gasteiger partial charge in [0.05, 0.1) is 6.42 Å². The minimum absolute atomic E-state index is 0.101. The average Bonchev–Trinajstić information content (AvgIpc) is 2.70. The summed E-state index contributed by atoms with van der Waals surface area (Å²) in [5, 5.41) is 19.7. The van der Waals surface area contributed by atoms with Crippen molar-refractivity contribution in [2.45, 2.75) is 32.4 Å². The Kier molecular flexibility index (Phi) is 8.92. The summed E-state index contributed by atoms with van der Waals surface area (Å²) in [7, 11) is 0. The topological polar surface area (TPSA) is 60.8 Å². The third-order valence-corrected chi connectivity index (χ3v) is 4.27. The highest BCUT2D eigenvalue weighted by molar-refractivity contribution is 5.67. The van der Waals surface area contributed by atoms with E-state index in [0.29, 0.717) is 13.1 Å². The van der Waals surface area contributed by atoms with Crippen molar-refractivity contribution in [2.75, 3.05) is 0 Å². The van der Waals surface area contributed by atoms with Gasteiger partial charge in [0.25, 0.3) is 0 Å². The number of carboxylic acids is 1. The highest BCUT2D eigenvalue weighted by Crippen LogP contribution is 2.17. The van der Waals surface area contributed by atoms with Gasteiger partial charge in [0, 0.05) is 13.1 Å². The number of carboxylic acid groups (broad SMARTS) is 1. The fraction of sp³-hybridized carbons (Fsp3) is 0.208. The van der Waals surface area contributed by atoms with Crippen LogP contribution in [0, 0.1) is 0 Å². The van der Waals surface area contributed by atoms with E-state index in [0.717, 1.165) is 16.7 Å². The van der Waals surface area contributed by atoms with Crippen LogP contribution in [0.15, 0.2) is 91.0 Å². The van der Waals surface area contributed by atoms with E-state index in [1.54, 1.807) is 0 Å². The Hall–Kier alpha value is -2.95.